The monoisotopic (exact) mass is 253 g/mol. The molecule has 3 rings (SSSR count). The van der Waals surface area contributed by atoms with Gasteiger partial charge in [0.05, 0.1) is 16.5 Å². The van der Waals surface area contributed by atoms with Crippen LogP contribution in [0.5, 0.6) is 0 Å². The Morgan fingerprint density at radius 2 is 1.68 bits per heavy atom. The normalized spacial score (nSPS) is 10.7. The maximum absolute atomic E-state index is 12.3. The van der Waals surface area contributed by atoms with Gasteiger partial charge in [0.15, 0.2) is 0 Å². The van der Waals surface area contributed by atoms with E-state index in [4.69, 9.17) is 5.73 Å². The van der Waals surface area contributed by atoms with Crippen LogP contribution >= 0.6 is 0 Å². The van der Waals surface area contributed by atoms with Gasteiger partial charge < -0.3 is 5.73 Å². The van der Waals surface area contributed by atoms with Crippen molar-refractivity contribution in [3.05, 3.63) is 69.2 Å². The van der Waals surface area contributed by atoms with E-state index in [0.29, 0.717) is 22.1 Å². The third-order valence-electron chi connectivity index (χ3n) is 2.95. The van der Waals surface area contributed by atoms with Crippen LogP contribution in [0.2, 0.25) is 0 Å². The molecule has 0 aliphatic rings. The van der Waals surface area contributed by atoms with Gasteiger partial charge in [0.1, 0.15) is 0 Å². The van der Waals surface area contributed by atoms with Crippen molar-refractivity contribution in [2.45, 2.75) is 0 Å². The standard InChI is InChI=1S/C14H11N3O2/c15-9-4-3-5-10(8-9)17-14(19)12-7-2-1-6-11(12)13(18)16-17/h1-8H,15H2,(H,16,18). The number of anilines is 1. The third-order valence-corrected chi connectivity index (χ3v) is 2.95. The lowest BCUT2D eigenvalue weighted by Crippen LogP contribution is -2.28. The molecule has 3 aromatic rings. The highest BCUT2D eigenvalue weighted by atomic mass is 16.2. The Morgan fingerprint density at radius 1 is 0.947 bits per heavy atom. The van der Waals surface area contributed by atoms with Gasteiger partial charge in [-0.2, -0.15) is 0 Å². The number of nitrogens with one attached hydrogen (secondary N) is 1. The van der Waals surface area contributed by atoms with Crippen LogP contribution in [0.4, 0.5) is 5.69 Å². The van der Waals surface area contributed by atoms with Crippen LogP contribution in [0.1, 0.15) is 0 Å². The number of fused-ring (bicyclic) bond motifs is 1. The molecule has 0 saturated carbocycles. The molecule has 2 aromatic carbocycles. The summed E-state index contributed by atoms with van der Waals surface area (Å²) < 4.78 is 1.21. The second-order valence-electron chi connectivity index (χ2n) is 4.22. The number of nitrogens with zero attached hydrogens (tertiary/aromatic N) is 1. The summed E-state index contributed by atoms with van der Waals surface area (Å²) in [6, 6.07) is 13.5. The van der Waals surface area contributed by atoms with E-state index >= 15 is 0 Å². The van der Waals surface area contributed by atoms with Gasteiger partial charge >= 0.3 is 0 Å². The Hall–Kier alpha value is -2.82. The van der Waals surface area contributed by atoms with Crippen LogP contribution < -0.4 is 16.9 Å². The fourth-order valence-electron chi connectivity index (χ4n) is 2.05. The van der Waals surface area contributed by atoms with Crippen LogP contribution in [0.25, 0.3) is 16.5 Å². The molecule has 0 unspecified atom stereocenters. The molecule has 0 aliphatic heterocycles. The van der Waals surface area contributed by atoms with E-state index in [1.54, 1.807) is 48.5 Å². The largest absolute Gasteiger partial charge is 0.399 e. The summed E-state index contributed by atoms with van der Waals surface area (Å²) >= 11 is 0. The molecule has 1 aromatic heterocycles. The number of hydrogen-bond acceptors (Lipinski definition) is 3. The van der Waals surface area contributed by atoms with Gasteiger partial charge in [-0.3, -0.25) is 14.7 Å². The maximum Gasteiger partial charge on any atom is 0.277 e. The summed E-state index contributed by atoms with van der Waals surface area (Å²) in [5.74, 6) is 0. The molecule has 0 atom stereocenters. The first kappa shape index (κ1) is 11.3. The molecule has 0 spiro atoms. The fraction of sp³-hybridized carbons (Fsp3) is 0. The summed E-state index contributed by atoms with van der Waals surface area (Å²) in [5, 5.41) is 3.32. The van der Waals surface area contributed by atoms with Crippen molar-refractivity contribution in [1.29, 1.82) is 0 Å². The molecule has 19 heavy (non-hydrogen) atoms. The van der Waals surface area contributed by atoms with Crippen molar-refractivity contribution in [2.75, 3.05) is 5.73 Å². The third kappa shape index (κ3) is 1.81. The molecule has 94 valence electrons. The summed E-state index contributed by atoms with van der Waals surface area (Å²) in [4.78, 5) is 24.3. The first-order valence-corrected chi connectivity index (χ1v) is 5.77. The lowest BCUT2D eigenvalue weighted by atomic mass is 10.2. The average Bonchev–Trinajstić information content (AvgIpc) is 2.43. The molecule has 0 fully saturated rings. The SMILES string of the molecule is Nc1cccc(-n2[nH]c(=O)c3ccccc3c2=O)c1. The fourth-order valence-corrected chi connectivity index (χ4v) is 2.05. The lowest BCUT2D eigenvalue weighted by molar-refractivity contribution is 0.802. The Morgan fingerprint density at radius 3 is 2.42 bits per heavy atom. The number of nitrogen functional groups attached to an aromatic ring is 1. The molecule has 0 saturated heterocycles. The highest BCUT2D eigenvalue weighted by Crippen LogP contribution is 2.10. The molecule has 0 aliphatic carbocycles. The number of aromatic amines is 1. The number of hydrogen-bond donors (Lipinski definition) is 2. The molecule has 1 heterocycles. The Kier molecular flexibility index (Phi) is 2.45. The van der Waals surface area contributed by atoms with Crippen molar-refractivity contribution < 1.29 is 0 Å². The minimum absolute atomic E-state index is 0.277. The highest BCUT2D eigenvalue weighted by Gasteiger charge is 2.07. The Labute approximate surface area is 107 Å². The topological polar surface area (TPSA) is 80.9 Å². The quantitative estimate of drug-likeness (QED) is 0.641. The predicted octanol–water partition coefficient (Wildman–Crippen LogP) is 1.26. The summed E-state index contributed by atoms with van der Waals surface area (Å²) in [6.45, 7) is 0. The minimum atomic E-state index is -0.308. The second kappa shape index (κ2) is 4.13. The summed E-state index contributed by atoms with van der Waals surface area (Å²) in [5.41, 5.74) is 6.17. The first-order valence-electron chi connectivity index (χ1n) is 5.77. The van der Waals surface area contributed by atoms with Crippen molar-refractivity contribution in [1.82, 2.24) is 9.78 Å². The van der Waals surface area contributed by atoms with Crippen molar-refractivity contribution in [3.8, 4) is 5.69 Å². The van der Waals surface area contributed by atoms with Gasteiger partial charge in [0.25, 0.3) is 11.1 Å². The van der Waals surface area contributed by atoms with Crippen LogP contribution in [0.15, 0.2) is 58.1 Å². The van der Waals surface area contributed by atoms with Gasteiger partial charge in [0, 0.05) is 5.69 Å². The van der Waals surface area contributed by atoms with E-state index < -0.39 is 0 Å². The highest BCUT2D eigenvalue weighted by molar-refractivity contribution is 5.80. The zero-order valence-corrected chi connectivity index (χ0v) is 9.96. The number of nitrogens with two attached hydrogens (primary N) is 1. The van der Waals surface area contributed by atoms with Crippen LogP contribution in [0.3, 0.4) is 0 Å². The number of benzene rings is 2. The Balaban J connectivity index is 2.41. The van der Waals surface area contributed by atoms with Gasteiger partial charge in [0.2, 0.25) is 0 Å². The Bertz CT molecular complexity index is 877. The first-order chi connectivity index (χ1) is 9.16. The van der Waals surface area contributed by atoms with E-state index in [2.05, 4.69) is 5.10 Å². The number of H-pyrrole nitrogens is 1. The molecule has 5 nitrogen and oxygen atoms in total. The van der Waals surface area contributed by atoms with Crippen LogP contribution in [0, 0.1) is 0 Å². The molecule has 0 bridgehead atoms. The van der Waals surface area contributed by atoms with Gasteiger partial charge in [-0.1, -0.05) is 18.2 Å². The van der Waals surface area contributed by atoms with E-state index in [0.717, 1.165) is 0 Å². The van der Waals surface area contributed by atoms with Gasteiger partial charge in [-0.05, 0) is 30.3 Å². The van der Waals surface area contributed by atoms with E-state index in [1.807, 2.05) is 0 Å². The molecule has 0 radical (unpaired) electrons. The predicted molar refractivity (Wildman–Crippen MR) is 74.6 cm³/mol. The van der Waals surface area contributed by atoms with Gasteiger partial charge in [-0.15, -0.1) is 0 Å². The molecule has 0 amide bonds. The second-order valence-corrected chi connectivity index (χ2v) is 4.22. The van der Waals surface area contributed by atoms with Gasteiger partial charge in [-0.25, -0.2) is 4.68 Å². The van der Waals surface area contributed by atoms with E-state index in [1.165, 1.54) is 4.68 Å². The average molecular weight is 253 g/mol. The summed E-state index contributed by atoms with van der Waals surface area (Å²) in [7, 11) is 0. The summed E-state index contributed by atoms with van der Waals surface area (Å²) in [6.07, 6.45) is 0. The molecule has 3 N–H and O–H groups in total. The van der Waals surface area contributed by atoms with Crippen molar-refractivity contribution in [3.63, 3.8) is 0 Å². The minimum Gasteiger partial charge on any atom is -0.399 e. The number of aromatic nitrogens is 2. The zero-order chi connectivity index (χ0) is 13.4. The molecule has 5 heteroatoms. The molecular weight excluding hydrogens is 242 g/mol. The van der Waals surface area contributed by atoms with E-state index in [9.17, 15) is 9.59 Å². The zero-order valence-electron chi connectivity index (χ0n) is 9.96. The molecular formula is C14H11N3O2. The van der Waals surface area contributed by atoms with Crippen molar-refractivity contribution in [2.24, 2.45) is 0 Å². The van der Waals surface area contributed by atoms with Crippen molar-refractivity contribution >= 4 is 16.5 Å². The number of rotatable bonds is 1. The smallest absolute Gasteiger partial charge is 0.277 e. The van der Waals surface area contributed by atoms with Crippen LogP contribution in [-0.4, -0.2) is 9.78 Å². The lowest BCUT2D eigenvalue weighted by Gasteiger charge is -2.07. The van der Waals surface area contributed by atoms with E-state index in [-0.39, 0.29) is 11.1 Å². The maximum atomic E-state index is 12.3. The van der Waals surface area contributed by atoms with Crippen LogP contribution in [-0.2, 0) is 0 Å².